The molecule has 0 saturated heterocycles. The van der Waals surface area contributed by atoms with E-state index in [4.69, 9.17) is 5.11 Å². The average Bonchev–Trinajstić information content (AvgIpc) is 2.45. The highest BCUT2D eigenvalue weighted by Gasteiger charge is 2.33. The molecule has 15 heavy (non-hydrogen) atoms. The van der Waals surface area contributed by atoms with Crippen LogP contribution >= 0.6 is 0 Å². The van der Waals surface area contributed by atoms with E-state index in [0.717, 1.165) is 12.8 Å². The van der Waals surface area contributed by atoms with Gasteiger partial charge in [0.25, 0.3) is 0 Å². The third kappa shape index (κ3) is 2.72. The SMILES string of the molecule is CC/C(=C\CC1CC=C(C)C1(C)C)CO. The summed E-state index contributed by atoms with van der Waals surface area (Å²) in [5.41, 5.74) is 3.03. The lowest BCUT2D eigenvalue weighted by Crippen LogP contribution is -2.19. The number of rotatable bonds is 4. The number of aliphatic hydroxyl groups is 1. The Morgan fingerprint density at radius 2 is 2.27 bits per heavy atom. The molecule has 1 aliphatic rings. The van der Waals surface area contributed by atoms with Crippen LogP contribution in [0.4, 0.5) is 0 Å². The molecule has 1 atom stereocenters. The first-order chi connectivity index (χ1) is 7.02. The molecule has 0 aliphatic heterocycles. The Morgan fingerprint density at radius 3 is 2.67 bits per heavy atom. The van der Waals surface area contributed by atoms with Crippen LogP contribution in [0.25, 0.3) is 0 Å². The van der Waals surface area contributed by atoms with Gasteiger partial charge in [0, 0.05) is 0 Å². The first-order valence-corrected chi connectivity index (χ1v) is 5.98. The van der Waals surface area contributed by atoms with Gasteiger partial charge in [-0.3, -0.25) is 0 Å². The van der Waals surface area contributed by atoms with Crippen molar-refractivity contribution >= 4 is 0 Å². The molecule has 0 radical (unpaired) electrons. The normalized spacial score (nSPS) is 25.5. The monoisotopic (exact) mass is 208 g/mol. The highest BCUT2D eigenvalue weighted by Crippen LogP contribution is 2.44. The van der Waals surface area contributed by atoms with Gasteiger partial charge in [-0.2, -0.15) is 0 Å². The largest absolute Gasteiger partial charge is 0.392 e. The smallest absolute Gasteiger partial charge is 0.0641 e. The lowest BCUT2D eigenvalue weighted by Gasteiger charge is -2.29. The lowest BCUT2D eigenvalue weighted by molar-refractivity contribution is 0.291. The van der Waals surface area contributed by atoms with Crippen LogP contribution < -0.4 is 0 Å². The molecule has 0 aromatic carbocycles. The Hall–Kier alpha value is -0.560. The number of allylic oxidation sites excluding steroid dienone is 3. The molecule has 1 rings (SSSR count). The van der Waals surface area contributed by atoms with Crippen molar-refractivity contribution in [3.8, 4) is 0 Å². The van der Waals surface area contributed by atoms with E-state index >= 15 is 0 Å². The van der Waals surface area contributed by atoms with Gasteiger partial charge in [-0.15, -0.1) is 0 Å². The van der Waals surface area contributed by atoms with E-state index in [1.807, 2.05) is 0 Å². The summed E-state index contributed by atoms with van der Waals surface area (Å²) in [6, 6.07) is 0. The summed E-state index contributed by atoms with van der Waals surface area (Å²) in [5, 5.41) is 9.10. The summed E-state index contributed by atoms with van der Waals surface area (Å²) >= 11 is 0. The van der Waals surface area contributed by atoms with Crippen molar-refractivity contribution in [2.45, 2.75) is 47.0 Å². The van der Waals surface area contributed by atoms with Crippen LogP contribution in [0.3, 0.4) is 0 Å². The van der Waals surface area contributed by atoms with Gasteiger partial charge in [0.1, 0.15) is 0 Å². The highest BCUT2D eigenvalue weighted by molar-refractivity contribution is 5.19. The van der Waals surface area contributed by atoms with E-state index in [1.54, 1.807) is 0 Å². The predicted octanol–water partition coefficient (Wildman–Crippen LogP) is 3.70. The van der Waals surface area contributed by atoms with Crippen LogP contribution in [-0.2, 0) is 0 Å². The fourth-order valence-corrected chi connectivity index (χ4v) is 2.22. The molecule has 0 aromatic heterocycles. The first-order valence-electron chi connectivity index (χ1n) is 5.98. The van der Waals surface area contributed by atoms with Crippen molar-refractivity contribution in [1.82, 2.24) is 0 Å². The second-order valence-electron chi connectivity index (χ2n) is 5.15. The van der Waals surface area contributed by atoms with Gasteiger partial charge in [0.2, 0.25) is 0 Å². The first kappa shape index (κ1) is 12.5. The van der Waals surface area contributed by atoms with Gasteiger partial charge in [0.05, 0.1) is 6.61 Å². The van der Waals surface area contributed by atoms with Crippen molar-refractivity contribution in [2.75, 3.05) is 6.61 Å². The van der Waals surface area contributed by atoms with Crippen molar-refractivity contribution in [3.05, 3.63) is 23.3 Å². The molecule has 1 heteroatoms. The molecule has 1 aliphatic carbocycles. The summed E-state index contributed by atoms with van der Waals surface area (Å²) in [4.78, 5) is 0. The minimum Gasteiger partial charge on any atom is -0.392 e. The average molecular weight is 208 g/mol. The van der Waals surface area contributed by atoms with Crippen molar-refractivity contribution in [1.29, 1.82) is 0 Å². The molecule has 0 heterocycles. The van der Waals surface area contributed by atoms with E-state index in [9.17, 15) is 0 Å². The Labute approximate surface area is 93.9 Å². The summed E-state index contributed by atoms with van der Waals surface area (Å²) in [6.45, 7) is 9.21. The number of aliphatic hydroxyl groups excluding tert-OH is 1. The quantitative estimate of drug-likeness (QED) is 0.698. The lowest BCUT2D eigenvalue weighted by atomic mass is 9.76. The maximum Gasteiger partial charge on any atom is 0.0641 e. The summed E-state index contributed by atoms with van der Waals surface area (Å²) in [6.07, 6.45) is 7.86. The van der Waals surface area contributed by atoms with Gasteiger partial charge < -0.3 is 5.11 Å². The fraction of sp³-hybridized carbons (Fsp3) is 0.714. The summed E-state index contributed by atoms with van der Waals surface area (Å²) < 4.78 is 0. The topological polar surface area (TPSA) is 20.2 Å². The molecule has 1 N–H and O–H groups in total. The Balaban J connectivity index is 2.59. The van der Waals surface area contributed by atoms with Gasteiger partial charge >= 0.3 is 0 Å². The molecule has 1 nitrogen and oxygen atoms in total. The summed E-state index contributed by atoms with van der Waals surface area (Å²) in [7, 11) is 0. The molecule has 0 aromatic rings. The highest BCUT2D eigenvalue weighted by atomic mass is 16.3. The zero-order chi connectivity index (χ0) is 11.5. The Morgan fingerprint density at radius 1 is 1.60 bits per heavy atom. The fourth-order valence-electron chi connectivity index (χ4n) is 2.22. The maximum absolute atomic E-state index is 9.10. The minimum atomic E-state index is 0.218. The van der Waals surface area contributed by atoms with E-state index in [-0.39, 0.29) is 6.61 Å². The molecule has 0 saturated carbocycles. The van der Waals surface area contributed by atoms with Crippen LogP contribution in [-0.4, -0.2) is 11.7 Å². The van der Waals surface area contributed by atoms with E-state index in [0.29, 0.717) is 11.3 Å². The van der Waals surface area contributed by atoms with Gasteiger partial charge in [-0.25, -0.2) is 0 Å². The maximum atomic E-state index is 9.10. The molecule has 0 bridgehead atoms. The molecule has 1 unspecified atom stereocenters. The van der Waals surface area contributed by atoms with E-state index in [2.05, 4.69) is 39.8 Å². The predicted molar refractivity (Wildman–Crippen MR) is 65.7 cm³/mol. The van der Waals surface area contributed by atoms with E-state index < -0.39 is 0 Å². The molecular weight excluding hydrogens is 184 g/mol. The van der Waals surface area contributed by atoms with Crippen LogP contribution in [0.15, 0.2) is 23.3 Å². The van der Waals surface area contributed by atoms with Crippen molar-refractivity contribution in [3.63, 3.8) is 0 Å². The van der Waals surface area contributed by atoms with Gasteiger partial charge in [-0.05, 0) is 43.1 Å². The zero-order valence-electron chi connectivity index (χ0n) is 10.5. The van der Waals surface area contributed by atoms with Gasteiger partial charge in [0.15, 0.2) is 0 Å². The van der Waals surface area contributed by atoms with Crippen LogP contribution in [0, 0.1) is 11.3 Å². The molecule has 0 amide bonds. The third-order valence-electron chi connectivity index (χ3n) is 4.09. The summed E-state index contributed by atoms with van der Waals surface area (Å²) in [5.74, 6) is 0.714. The van der Waals surface area contributed by atoms with Crippen molar-refractivity contribution < 1.29 is 5.11 Å². The zero-order valence-corrected chi connectivity index (χ0v) is 10.5. The molecule has 86 valence electrons. The van der Waals surface area contributed by atoms with Crippen LogP contribution in [0.1, 0.15) is 47.0 Å². The minimum absolute atomic E-state index is 0.218. The standard InChI is InChI=1S/C14H24O/c1-5-12(10-15)7-9-13-8-6-11(2)14(13,3)4/h6-7,13,15H,5,8-10H2,1-4H3/b12-7+. The van der Waals surface area contributed by atoms with Crippen LogP contribution in [0.2, 0.25) is 0 Å². The number of hydrogen-bond acceptors (Lipinski definition) is 1. The van der Waals surface area contributed by atoms with E-state index in [1.165, 1.54) is 17.6 Å². The van der Waals surface area contributed by atoms with Crippen LogP contribution in [0.5, 0.6) is 0 Å². The molecular formula is C14H24O. The second-order valence-corrected chi connectivity index (χ2v) is 5.15. The molecule has 0 spiro atoms. The van der Waals surface area contributed by atoms with Gasteiger partial charge in [-0.1, -0.05) is 38.5 Å². The van der Waals surface area contributed by atoms with Crippen molar-refractivity contribution in [2.24, 2.45) is 11.3 Å². The second kappa shape index (κ2) is 4.98. The molecule has 0 fully saturated rings. The Bertz CT molecular complexity index is 265. The third-order valence-corrected chi connectivity index (χ3v) is 4.09. The Kier molecular flexibility index (Phi) is 4.15. The number of hydrogen-bond donors (Lipinski definition) is 1.